The molecule has 2 aliphatic rings. The van der Waals surface area contributed by atoms with Gasteiger partial charge in [0.05, 0.1) is 12.7 Å². The van der Waals surface area contributed by atoms with Gasteiger partial charge in [-0.25, -0.2) is 0 Å². The Hall–Kier alpha value is -0.650. The molecule has 2 fully saturated rings. The van der Waals surface area contributed by atoms with Crippen molar-refractivity contribution in [1.29, 1.82) is 0 Å². The SMILES string of the molecule is CC1CC(NC(=O)C2CNCCO2)CCO1. The van der Waals surface area contributed by atoms with E-state index in [-0.39, 0.29) is 24.2 Å². The lowest BCUT2D eigenvalue weighted by atomic mass is 10.0. The zero-order valence-electron chi connectivity index (χ0n) is 9.70. The molecule has 1 amide bonds. The molecule has 5 nitrogen and oxygen atoms in total. The van der Waals surface area contributed by atoms with E-state index in [1.54, 1.807) is 0 Å². The molecule has 0 aliphatic carbocycles. The molecule has 2 heterocycles. The second-order valence-electron chi connectivity index (χ2n) is 4.47. The molecule has 0 aromatic heterocycles. The number of morpholine rings is 1. The maximum Gasteiger partial charge on any atom is 0.250 e. The van der Waals surface area contributed by atoms with Gasteiger partial charge in [-0.05, 0) is 19.8 Å². The van der Waals surface area contributed by atoms with Crippen molar-refractivity contribution in [1.82, 2.24) is 10.6 Å². The molecular formula is C11H20N2O3. The molecule has 0 radical (unpaired) electrons. The quantitative estimate of drug-likeness (QED) is 0.679. The number of hydrogen-bond donors (Lipinski definition) is 2. The highest BCUT2D eigenvalue weighted by molar-refractivity contribution is 5.81. The fourth-order valence-corrected chi connectivity index (χ4v) is 2.16. The van der Waals surface area contributed by atoms with Crippen LogP contribution in [-0.4, -0.2) is 50.5 Å². The molecule has 16 heavy (non-hydrogen) atoms. The standard InChI is InChI=1S/C11H20N2O3/c1-8-6-9(2-4-15-8)13-11(14)10-7-12-3-5-16-10/h8-10,12H,2-7H2,1H3,(H,13,14). The molecule has 2 N–H and O–H groups in total. The smallest absolute Gasteiger partial charge is 0.250 e. The predicted octanol–water partition coefficient (Wildman–Crippen LogP) is -0.341. The van der Waals surface area contributed by atoms with E-state index in [1.165, 1.54) is 0 Å². The third kappa shape index (κ3) is 3.17. The largest absolute Gasteiger partial charge is 0.378 e. The first-order valence-electron chi connectivity index (χ1n) is 6.00. The minimum atomic E-state index is -0.327. The van der Waals surface area contributed by atoms with Crippen LogP contribution in [0.2, 0.25) is 0 Å². The number of nitrogens with one attached hydrogen (secondary N) is 2. The average molecular weight is 228 g/mol. The van der Waals surface area contributed by atoms with Crippen molar-refractivity contribution in [3.05, 3.63) is 0 Å². The van der Waals surface area contributed by atoms with Gasteiger partial charge in [-0.3, -0.25) is 4.79 Å². The Balaban J connectivity index is 1.77. The molecule has 0 aromatic rings. The van der Waals surface area contributed by atoms with Gasteiger partial charge >= 0.3 is 0 Å². The van der Waals surface area contributed by atoms with Crippen LogP contribution in [0.3, 0.4) is 0 Å². The van der Waals surface area contributed by atoms with Gasteiger partial charge in [-0.15, -0.1) is 0 Å². The summed E-state index contributed by atoms with van der Waals surface area (Å²) in [7, 11) is 0. The van der Waals surface area contributed by atoms with E-state index in [0.29, 0.717) is 13.2 Å². The van der Waals surface area contributed by atoms with Gasteiger partial charge in [0.1, 0.15) is 6.10 Å². The highest BCUT2D eigenvalue weighted by atomic mass is 16.5. The Morgan fingerprint density at radius 1 is 1.38 bits per heavy atom. The zero-order valence-corrected chi connectivity index (χ0v) is 9.70. The average Bonchev–Trinajstić information content (AvgIpc) is 2.30. The van der Waals surface area contributed by atoms with Gasteiger partial charge in [0.2, 0.25) is 0 Å². The number of ether oxygens (including phenoxy) is 2. The zero-order chi connectivity index (χ0) is 11.4. The minimum absolute atomic E-state index is 0.00583. The molecule has 0 aromatic carbocycles. The molecule has 2 rings (SSSR count). The number of carbonyl (C=O) groups is 1. The Morgan fingerprint density at radius 2 is 2.25 bits per heavy atom. The van der Waals surface area contributed by atoms with Crippen molar-refractivity contribution in [2.24, 2.45) is 0 Å². The summed E-state index contributed by atoms with van der Waals surface area (Å²) >= 11 is 0. The van der Waals surface area contributed by atoms with Crippen molar-refractivity contribution in [2.75, 3.05) is 26.3 Å². The molecule has 92 valence electrons. The maximum atomic E-state index is 11.9. The topological polar surface area (TPSA) is 59.6 Å². The maximum absolute atomic E-state index is 11.9. The van der Waals surface area contributed by atoms with Gasteiger partial charge < -0.3 is 20.1 Å². The lowest BCUT2D eigenvalue weighted by Gasteiger charge is -2.30. The monoisotopic (exact) mass is 228 g/mol. The first kappa shape index (κ1) is 11.8. The van der Waals surface area contributed by atoms with Crippen LogP contribution in [-0.2, 0) is 14.3 Å². The van der Waals surface area contributed by atoms with Gasteiger partial charge in [0, 0.05) is 25.7 Å². The van der Waals surface area contributed by atoms with Crippen LogP contribution < -0.4 is 10.6 Å². The van der Waals surface area contributed by atoms with Crippen LogP contribution in [0.5, 0.6) is 0 Å². The van der Waals surface area contributed by atoms with Crippen LogP contribution in [0.1, 0.15) is 19.8 Å². The van der Waals surface area contributed by atoms with Crippen LogP contribution in [0.25, 0.3) is 0 Å². The fourth-order valence-electron chi connectivity index (χ4n) is 2.16. The molecule has 0 saturated carbocycles. The van der Waals surface area contributed by atoms with Crippen molar-refractivity contribution in [3.8, 4) is 0 Å². The Labute approximate surface area is 95.9 Å². The Kier molecular flexibility index (Phi) is 4.15. The summed E-state index contributed by atoms with van der Waals surface area (Å²) in [6, 6.07) is 0.238. The van der Waals surface area contributed by atoms with Crippen molar-refractivity contribution < 1.29 is 14.3 Å². The molecule has 2 saturated heterocycles. The lowest BCUT2D eigenvalue weighted by Crippen LogP contribution is -2.51. The molecule has 3 atom stereocenters. The number of carbonyl (C=O) groups excluding carboxylic acids is 1. The molecule has 3 unspecified atom stereocenters. The van der Waals surface area contributed by atoms with Gasteiger partial charge in [0.15, 0.2) is 0 Å². The number of amides is 1. The molecule has 0 spiro atoms. The predicted molar refractivity (Wildman–Crippen MR) is 59.2 cm³/mol. The van der Waals surface area contributed by atoms with Crippen molar-refractivity contribution in [3.63, 3.8) is 0 Å². The summed E-state index contributed by atoms with van der Waals surface area (Å²) in [5, 5.41) is 6.19. The fraction of sp³-hybridized carbons (Fsp3) is 0.909. The van der Waals surface area contributed by atoms with Crippen LogP contribution in [0.15, 0.2) is 0 Å². The van der Waals surface area contributed by atoms with E-state index < -0.39 is 0 Å². The number of hydrogen-bond acceptors (Lipinski definition) is 4. The first-order valence-corrected chi connectivity index (χ1v) is 6.00. The van der Waals surface area contributed by atoms with E-state index in [0.717, 1.165) is 26.0 Å². The van der Waals surface area contributed by atoms with Crippen molar-refractivity contribution >= 4 is 5.91 Å². The summed E-state index contributed by atoms with van der Waals surface area (Å²) in [6.45, 7) is 4.83. The van der Waals surface area contributed by atoms with Crippen molar-refractivity contribution in [2.45, 2.75) is 38.0 Å². The Bertz CT molecular complexity index is 241. The van der Waals surface area contributed by atoms with Crippen LogP contribution >= 0.6 is 0 Å². The summed E-state index contributed by atoms with van der Waals surface area (Å²) in [6.07, 6.45) is 1.71. The van der Waals surface area contributed by atoms with E-state index in [1.807, 2.05) is 6.92 Å². The summed E-state index contributed by atoms with van der Waals surface area (Å²) in [5.41, 5.74) is 0. The highest BCUT2D eigenvalue weighted by Crippen LogP contribution is 2.13. The summed E-state index contributed by atoms with van der Waals surface area (Å²) in [5.74, 6) is 0.00583. The number of rotatable bonds is 2. The lowest BCUT2D eigenvalue weighted by molar-refractivity contribution is -0.135. The molecule has 5 heteroatoms. The van der Waals surface area contributed by atoms with Gasteiger partial charge in [0.25, 0.3) is 5.91 Å². The third-order valence-corrected chi connectivity index (χ3v) is 3.05. The third-order valence-electron chi connectivity index (χ3n) is 3.05. The Morgan fingerprint density at radius 3 is 2.94 bits per heavy atom. The molecule has 2 aliphatic heterocycles. The van der Waals surface area contributed by atoms with E-state index in [4.69, 9.17) is 9.47 Å². The van der Waals surface area contributed by atoms with Crippen LogP contribution in [0, 0.1) is 0 Å². The second-order valence-corrected chi connectivity index (χ2v) is 4.47. The summed E-state index contributed by atoms with van der Waals surface area (Å²) < 4.78 is 10.8. The molecule has 0 bridgehead atoms. The van der Waals surface area contributed by atoms with Gasteiger partial charge in [-0.2, -0.15) is 0 Å². The highest BCUT2D eigenvalue weighted by Gasteiger charge is 2.26. The first-order chi connectivity index (χ1) is 7.75. The molecular weight excluding hydrogens is 208 g/mol. The second kappa shape index (κ2) is 5.61. The van der Waals surface area contributed by atoms with Crippen LogP contribution in [0.4, 0.5) is 0 Å². The van der Waals surface area contributed by atoms with Gasteiger partial charge in [-0.1, -0.05) is 0 Å². The normalized spacial score (nSPS) is 35.7. The minimum Gasteiger partial charge on any atom is -0.378 e. The van der Waals surface area contributed by atoms with E-state index in [9.17, 15) is 4.79 Å². The summed E-state index contributed by atoms with van der Waals surface area (Å²) in [4.78, 5) is 11.9. The van der Waals surface area contributed by atoms with E-state index >= 15 is 0 Å². The van der Waals surface area contributed by atoms with E-state index in [2.05, 4.69) is 10.6 Å².